The van der Waals surface area contributed by atoms with Crippen molar-refractivity contribution in [2.45, 2.75) is 52.5 Å². The lowest BCUT2D eigenvalue weighted by Gasteiger charge is -2.33. The quantitative estimate of drug-likeness (QED) is 0.226. The Labute approximate surface area is 117 Å². The fraction of sp³-hybridized carbons (Fsp3) is 0.929. The Morgan fingerprint density at radius 3 is 2.79 bits per heavy atom. The van der Waals surface area contributed by atoms with Crippen LogP contribution in [0.5, 0.6) is 0 Å². The number of nitrogens with zero attached hydrogens (tertiary/aromatic N) is 1. The number of hydrazine groups is 1. The molecule has 1 fully saturated rings. The molecule has 112 valence electrons. The summed E-state index contributed by atoms with van der Waals surface area (Å²) in [5.74, 6) is 7.75. The number of nitrogens with one attached hydrogen (secondary N) is 2. The maximum Gasteiger partial charge on any atom is 0.205 e. The Kier molecular flexibility index (Phi) is 7.82. The van der Waals surface area contributed by atoms with Crippen LogP contribution in [-0.2, 0) is 4.74 Å². The van der Waals surface area contributed by atoms with Crippen LogP contribution in [0.15, 0.2) is 4.99 Å². The second kappa shape index (κ2) is 9.15. The van der Waals surface area contributed by atoms with E-state index in [2.05, 4.69) is 29.6 Å². The largest absolute Gasteiger partial charge is 0.382 e. The molecule has 0 aromatic rings. The molecule has 0 amide bonds. The van der Waals surface area contributed by atoms with Crippen molar-refractivity contribution in [2.75, 3.05) is 19.8 Å². The van der Waals surface area contributed by atoms with Crippen LogP contribution >= 0.6 is 0 Å². The van der Waals surface area contributed by atoms with Gasteiger partial charge in [0.05, 0.1) is 0 Å². The second-order valence-corrected chi connectivity index (χ2v) is 5.57. The minimum absolute atomic E-state index is 0.484. The van der Waals surface area contributed by atoms with Crippen molar-refractivity contribution in [1.82, 2.24) is 10.7 Å². The zero-order chi connectivity index (χ0) is 14.1. The molecular weight excluding hydrogens is 240 g/mol. The Bertz CT molecular complexity index is 270. The molecule has 1 rings (SSSR count). The highest BCUT2D eigenvalue weighted by molar-refractivity contribution is 5.79. The third-order valence-electron chi connectivity index (χ3n) is 3.81. The maximum atomic E-state index is 5.53. The molecule has 0 radical (unpaired) electrons. The molecule has 4 N–H and O–H groups in total. The highest BCUT2D eigenvalue weighted by Gasteiger charge is 2.25. The van der Waals surface area contributed by atoms with Gasteiger partial charge in [-0.2, -0.15) is 0 Å². The summed E-state index contributed by atoms with van der Waals surface area (Å²) in [6, 6.07) is 0.484. The molecule has 1 saturated carbocycles. The second-order valence-electron chi connectivity index (χ2n) is 5.57. The van der Waals surface area contributed by atoms with Crippen molar-refractivity contribution in [3.63, 3.8) is 0 Å². The molecule has 5 heteroatoms. The van der Waals surface area contributed by atoms with Gasteiger partial charge in [-0.3, -0.25) is 10.4 Å². The van der Waals surface area contributed by atoms with Crippen LogP contribution in [0.4, 0.5) is 0 Å². The van der Waals surface area contributed by atoms with Gasteiger partial charge in [0.25, 0.3) is 0 Å². The van der Waals surface area contributed by atoms with Crippen molar-refractivity contribution in [1.29, 1.82) is 0 Å². The van der Waals surface area contributed by atoms with Gasteiger partial charge in [0.1, 0.15) is 0 Å². The summed E-state index contributed by atoms with van der Waals surface area (Å²) in [5.41, 5.74) is 2.67. The molecule has 0 aromatic carbocycles. The molecule has 0 spiro atoms. The maximum absolute atomic E-state index is 5.53. The molecule has 19 heavy (non-hydrogen) atoms. The number of nitrogens with two attached hydrogens (primary N) is 1. The smallest absolute Gasteiger partial charge is 0.205 e. The van der Waals surface area contributed by atoms with Crippen molar-refractivity contribution in [3.05, 3.63) is 0 Å². The standard InChI is InChI=1S/C14H30N4O/c1-4-19-9-5-8-16-14(18-15)17-13-7-6-11(2)10-12(13)3/h11-13H,4-10,15H2,1-3H3,(H2,16,17,18). The van der Waals surface area contributed by atoms with Gasteiger partial charge in [-0.1, -0.05) is 13.8 Å². The summed E-state index contributed by atoms with van der Waals surface area (Å²) in [7, 11) is 0. The van der Waals surface area contributed by atoms with Crippen LogP contribution in [-0.4, -0.2) is 31.8 Å². The first-order valence-electron chi connectivity index (χ1n) is 7.52. The SMILES string of the molecule is CCOCCCN=C(NN)NC1CCC(C)CC1C. The lowest BCUT2D eigenvalue weighted by molar-refractivity contribution is 0.146. The topological polar surface area (TPSA) is 71.7 Å². The number of hydrogen-bond donors (Lipinski definition) is 3. The highest BCUT2D eigenvalue weighted by Crippen LogP contribution is 2.28. The number of aliphatic imine (C=N–C) groups is 1. The predicted molar refractivity (Wildman–Crippen MR) is 79.8 cm³/mol. The summed E-state index contributed by atoms with van der Waals surface area (Å²) < 4.78 is 5.29. The van der Waals surface area contributed by atoms with Crippen molar-refractivity contribution >= 4 is 5.96 Å². The van der Waals surface area contributed by atoms with E-state index in [1.54, 1.807) is 0 Å². The van der Waals surface area contributed by atoms with Crippen LogP contribution in [0.1, 0.15) is 46.5 Å². The molecule has 3 unspecified atom stereocenters. The van der Waals surface area contributed by atoms with E-state index in [9.17, 15) is 0 Å². The van der Waals surface area contributed by atoms with E-state index in [1.807, 2.05) is 6.92 Å². The van der Waals surface area contributed by atoms with Gasteiger partial charge in [-0.05, 0) is 44.4 Å². The van der Waals surface area contributed by atoms with E-state index in [1.165, 1.54) is 19.3 Å². The summed E-state index contributed by atoms with van der Waals surface area (Å²) in [6.07, 6.45) is 4.68. The highest BCUT2D eigenvalue weighted by atomic mass is 16.5. The lowest BCUT2D eigenvalue weighted by atomic mass is 9.80. The first-order valence-corrected chi connectivity index (χ1v) is 7.52. The minimum Gasteiger partial charge on any atom is -0.382 e. The molecule has 0 bridgehead atoms. The number of rotatable bonds is 6. The monoisotopic (exact) mass is 270 g/mol. The van der Waals surface area contributed by atoms with Gasteiger partial charge in [0.2, 0.25) is 5.96 Å². The minimum atomic E-state index is 0.484. The van der Waals surface area contributed by atoms with Gasteiger partial charge in [0, 0.05) is 25.8 Å². The van der Waals surface area contributed by atoms with E-state index < -0.39 is 0 Å². The third-order valence-corrected chi connectivity index (χ3v) is 3.81. The van der Waals surface area contributed by atoms with Crippen LogP contribution in [0.2, 0.25) is 0 Å². The number of ether oxygens (including phenoxy) is 1. The van der Waals surface area contributed by atoms with Gasteiger partial charge in [-0.15, -0.1) is 0 Å². The Hall–Kier alpha value is -0.810. The van der Waals surface area contributed by atoms with Gasteiger partial charge in [0.15, 0.2) is 0 Å². The summed E-state index contributed by atoms with van der Waals surface area (Å²) in [4.78, 5) is 4.45. The normalized spacial score (nSPS) is 28.2. The summed E-state index contributed by atoms with van der Waals surface area (Å²) in [5, 5.41) is 3.44. The van der Waals surface area contributed by atoms with E-state index >= 15 is 0 Å². The van der Waals surface area contributed by atoms with Gasteiger partial charge in [-0.25, -0.2) is 5.84 Å². The predicted octanol–water partition coefficient (Wildman–Crippen LogP) is 1.65. The Morgan fingerprint density at radius 2 is 2.16 bits per heavy atom. The van der Waals surface area contributed by atoms with Crippen molar-refractivity contribution in [2.24, 2.45) is 22.7 Å². The first kappa shape index (κ1) is 16.2. The van der Waals surface area contributed by atoms with E-state index in [0.29, 0.717) is 17.9 Å². The first-order chi connectivity index (χ1) is 9.17. The van der Waals surface area contributed by atoms with Crippen LogP contribution < -0.4 is 16.6 Å². The molecule has 0 aliphatic heterocycles. The van der Waals surface area contributed by atoms with Crippen LogP contribution in [0.3, 0.4) is 0 Å². The molecular formula is C14H30N4O. The zero-order valence-corrected chi connectivity index (χ0v) is 12.6. The van der Waals surface area contributed by atoms with E-state index in [4.69, 9.17) is 10.6 Å². The molecule has 1 aliphatic carbocycles. The molecule has 0 saturated heterocycles. The average molecular weight is 270 g/mol. The van der Waals surface area contributed by atoms with Crippen molar-refractivity contribution in [3.8, 4) is 0 Å². The van der Waals surface area contributed by atoms with Crippen molar-refractivity contribution < 1.29 is 4.74 Å². The third kappa shape index (κ3) is 6.25. The van der Waals surface area contributed by atoms with Gasteiger partial charge >= 0.3 is 0 Å². The molecule has 0 aromatic heterocycles. The summed E-state index contributed by atoms with van der Waals surface area (Å²) in [6.45, 7) is 8.90. The number of guanidine groups is 1. The molecule has 3 atom stereocenters. The molecule has 5 nitrogen and oxygen atoms in total. The Balaban J connectivity index is 2.32. The fourth-order valence-corrected chi connectivity index (χ4v) is 2.69. The van der Waals surface area contributed by atoms with Gasteiger partial charge < -0.3 is 10.1 Å². The summed E-state index contributed by atoms with van der Waals surface area (Å²) >= 11 is 0. The van der Waals surface area contributed by atoms with Crippen LogP contribution in [0.25, 0.3) is 0 Å². The zero-order valence-electron chi connectivity index (χ0n) is 12.6. The van der Waals surface area contributed by atoms with Crippen LogP contribution in [0, 0.1) is 11.8 Å². The van der Waals surface area contributed by atoms with E-state index in [0.717, 1.165) is 32.1 Å². The molecule has 0 heterocycles. The number of hydrogen-bond acceptors (Lipinski definition) is 3. The molecule has 1 aliphatic rings. The lowest BCUT2D eigenvalue weighted by Crippen LogP contribution is -2.50. The van der Waals surface area contributed by atoms with E-state index in [-0.39, 0.29) is 0 Å². The fourth-order valence-electron chi connectivity index (χ4n) is 2.69. The Morgan fingerprint density at radius 1 is 1.37 bits per heavy atom. The average Bonchev–Trinajstić information content (AvgIpc) is 2.39.